The largest absolute Gasteiger partial charge is 0.507 e. The first-order valence-corrected chi connectivity index (χ1v) is 9.41. The summed E-state index contributed by atoms with van der Waals surface area (Å²) in [6, 6.07) is 24.2. The summed E-state index contributed by atoms with van der Waals surface area (Å²) in [6.07, 6.45) is 0. The zero-order valence-electron chi connectivity index (χ0n) is 14.7. The number of fused-ring (bicyclic) bond motifs is 1. The standard InChI is InChI=1S/C22H16BrN3O2/c23-16-10-11-20(27)17(13-16)22(28)26-25-21(14-6-2-1-3-7-14)19-12-15-8-4-5-9-18(15)24-19/h1-13,24,27H,(H,26,28)/b25-21+. The SMILES string of the molecule is O=C(N/N=C(\c1ccccc1)c1cc2ccccc2[nH]1)c1cc(Br)ccc1O. The zero-order chi connectivity index (χ0) is 19.5. The van der Waals surface area contributed by atoms with Crippen LogP contribution in [0.5, 0.6) is 5.75 Å². The molecule has 1 aromatic heterocycles. The second-order valence-corrected chi connectivity index (χ2v) is 7.11. The lowest BCUT2D eigenvalue weighted by Crippen LogP contribution is -2.21. The second kappa shape index (κ2) is 7.70. The van der Waals surface area contributed by atoms with Gasteiger partial charge in [0.05, 0.1) is 11.3 Å². The van der Waals surface area contributed by atoms with Gasteiger partial charge in [0.1, 0.15) is 11.5 Å². The average molecular weight is 434 g/mol. The van der Waals surface area contributed by atoms with Crippen molar-refractivity contribution in [3.05, 3.63) is 100 Å². The van der Waals surface area contributed by atoms with Crippen LogP contribution < -0.4 is 5.43 Å². The van der Waals surface area contributed by atoms with Crippen molar-refractivity contribution < 1.29 is 9.90 Å². The molecule has 5 nitrogen and oxygen atoms in total. The molecule has 1 amide bonds. The molecular weight excluding hydrogens is 418 g/mol. The lowest BCUT2D eigenvalue weighted by Gasteiger charge is -2.07. The number of aromatic nitrogens is 1. The Morgan fingerprint density at radius 3 is 2.50 bits per heavy atom. The number of rotatable bonds is 4. The van der Waals surface area contributed by atoms with E-state index in [0.717, 1.165) is 22.2 Å². The molecule has 0 saturated carbocycles. The number of halogens is 1. The highest BCUT2D eigenvalue weighted by Crippen LogP contribution is 2.22. The van der Waals surface area contributed by atoms with Crippen LogP contribution in [-0.4, -0.2) is 21.7 Å². The number of nitrogens with one attached hydrogen (secondary N) is 2. The quantitative estimate of drug-likeness (QED) is 0.318. The summed E-state index contributed by atoms with van der Waals surface area (Å²) >= 11 is 3.31. The lowest BCUT2D eigenvalue weighted by molar-refractivity contribution is 0.0952. The summed E-state index contributed by atoms with van der Waals surface area (Å²) in [7, 11) is 0. The van der Waals surface area contributed by atoms with Crippen molar-refractivity contribution in [1.82, 2.24) is 10.4 Å². The molecule has 4 rings (SSSR count). The Labute approximate surface area is 169 Å². The van der Waals surface area contributed by atoms with Gasteiger partial charge in [-0.25, -0.2) is 5.43 Å². The zero-order valence-corrected chi connectivity index (χ0v) is 16.3. The van der Waals surface area contributed by atoms with Crippen LogP contribution in [-0.2, 0) is 0 Å². The fraction of sp³-hybridized carbons (Fsp3) is 0. The fourth-order valence-corrected chi connectivity index (χ4v) is 3.30. The molecule has 6 heteroatoms. The minimum Gasteiger partial charge on any atom is -0.507 e. The van der Waals surface area contributed by atoms with Gasteiger partial charge in [-0.3, -0.25) is 4.79 Å². The average Bonchev–Trinajstić information content (AvgIpc) is 3.14. The van der Waals surface area contributed by atoms with Crippen LogP contribution in [0.4, 0.5) is 0 Å². The Morgan fingerprint density at radius 2 is 1.71 bits per heavy atom. The summed E-state index contributed by atoms with van der Waals surface area (Å²) in [5.41, 5.74) is 5.92. The molecule has 28 heavy (non-hydrogen) atoms. The number of hydrogen-bond acceptors (Lipinski definition) is 3. The summed E-state index contributed by atoms with van der Waals surface area (Å²) in [6.45, 7) is 0. The number of H-pyrrole nitrogens is 1. The molecule has 0 aliphatic heterocycles. The Bertz CT molecular complexity index is 1150. The molecule has 0 radical (unpaired) electrons. The van der Waals surface area contributed by atoms with Crippen molar-refractivity contribution in [1.29, 1.82) is 0 Å². The Balaban J connectivity index is 1.73. The first-order valence-electron chi connectivity index (χ1n) is 8.62. The van der Waals surface area contributed by atoms with Crippen LogP contribution in [0.1, 0.15) is 21.6 Å². The highest BCUT2D eigenvalue weighted by molar-refractivity contribution is 9.10. The van der Waals surface area contributed by atoms with Gasteiger partial charge in [0.2, 0.25) is 0 Å². The van der Waals surface area contributed by atoms with E-state index in [2.05, 4.69) is 31.4 Å². The van der Waals surface area contributed by atoms with E-state index in [4.69, 9.17) is 0 Å². The predicted octanol–water partition coefficient (Wildman–Crippen LogP) is 4.82. The summed E-state index contributed by atoms with van der Waals surface area (Å²) in [4.78, 5) is 15.9. The van der Waals surface area contributed by atoms with E-state index in [1.54, 1.807) is 12.1 Å². The van der Waals surface area contributed by atoms with E-state index in [1.807, 2.05) is 60.7 Å². The van der Waals surface area contributed by atoms with E-state index in [-0.39, 0.29) is 11.3 Å². The van der Waals surface area contributed by atoms with Gasteiger partial charge in [-0.15, -0.1) is 0 Å². The molecule has 0 spiro atoms. The van der Waals surface area contributed by atoms with Gasteiger partial charge in [0.25, 0.3) is 5.91 Å². The van der Waals surface area contributed by atoms with Gasteiger partial charge in [-0.2, -0.15) is 5.10 Å². The van der Waals surface area contributed by atoms with Crippen molar-refractivity contribution in [2.45, 2.75) is 0 Å². The van der Waals surface area contributed by atoms with Crippen molar-refractivity contribution in [3.8, 4) is 5.75 Å². The van der Waals surface area contributed by atoms with Gasteiger partial charge in [0, 0.05) is 20.9 Å². The summed E-state index contributed by atoms with van der Waals surface area (Å²) in [5.74, 6) is -0.605. The van der Waals surface area contributed by atoms with E-state index in [9.17, 15) is 9.90 Å². The maximum Gasteiger partial charge on any atom is 0.275 e. The number of phenolic OH excluding ortho intramolecular Hbond substituents is 1. The summed E-state index contributed by atoms with van der Waals surface area (Å²) in [5, 5.41) is 15.4. The third-order valence-corrected chi connectivity index (χ3v) is 4.80. The van der Waals surface area contributed by atoms with Crippen LogP contribution in [0.15, 0.2) is 88.4 Å². The minimum atomic E-state index is -0.497. The number of carbonyl (C=O) groups excluding carboxylic acids is 1. The maximum atomic E-state index is 12.5. The highest BCUT2D eigenvalue weighted by Gasteiger charge is 2.14. The number of amides is 1. The Morgan fingerprint density at radius 1 is 0.964 bits per heavy atom. The van der Waals surface area contributed by atoms with Crippen molar-refractivity contribution in [3.63, 3.8) is 0 Å². The lowest BCUT2D eigenvalue weighted by atomic mass is 10.1. The Kier molecular flexibility index (Phi) is 4.95. The molecule has 0 fully saturated rings. The number of aromatic hydroxyl groups is 1. The number of aromatic amines is 1. The number of phenols is 1. The normalized spacial score (nSPS) is 11.5. The molecule has 3 N–H and O–H groups in total. The topological polar surface area (TPSA) is 77.5 Å². The van der Waals surface area contributed by atoms with Gasteiger partial charge in [-0.05, 0) is 30.3 Å². The molecule has 0 aliphatic rings. The molecule has 0 bridgehead atoms. The highest BCUT2D eigenvalue weighted by atomic mass is 79.9. The Hall–Kier alpha value is -3.38. The molecular formula is C22H16BrN3O2. The van der Waals surface area contributed by atoms with E-state index < -0.39 is 5.91 Å². The monoisotopic (exact) mass is 433 g/mol. The number of hydrogen-bond donors (Lipinski definition) is 3. The second-order valence-electron chi connectivity index (χ2n) is 6.20. The van der Waals surface area contributed by atoms with Crippen molar-refractivity contribution >= 4 is 38.5 Å². The third kappa shape index (κ3) is 3.68. The van der Waals surface area contributed by atoms with Crippen LogP contribution in [0.25, 0.3) is 10.9 Å². The number of carbonyl (C=O) groups is 1. The molecule has 0 unspecified atom stereocenters. The molecule has 0 saturated heterocycles. The maximum absolute atomic E-state index is 12.5. The van der Waals surface area contributed by atoms with Crippen LogP contribution >= 0.6 is 15.9 Å². The minimum absolute atomic E-state index is 0.109. The molecule has 138 valence electrons. The van der Waals surface area contributed by atoms with Gasteiger partial charge in [-0.1, -0.05) is 64.5 Å². The van der Waals surface area contributed by atoms with E-state index in [0.29, 0.717) is 10.2 Å². The third-order valence-electron chi connectivity index (χ3n) is 4.30. The first-order chi connectivity index (χ1) is 13.6. The molecule has 1 heterocycles. The van der Waals surface area contributed by atoms with E-state index in [1.165, 1.54) is 6.07 Å². The molecule has 0 aliphatic carbocycles. The smallest absolute Gasteiger partial charge is 0.275 e. The predicted molar refractivity (Wildman–Crippen MR) is 114 cm³/mol. The van der Waals surface area contributed by atoms with E-state index >= 15 is 0 Å². The number of hydrazone groups is 1. The number of para-hydroxylation sites is 1. The number of benzene rings is 3. The molecule has 0 atom stereocenters. The van der Waals surface area contributed by atoms with Crippen molar-refractivity contribution in [2.24, 2.45) is 5.10 Å². The van der Waals surface area contributed by atoms with Crippen LogP contribution in [0, 0.1) is 0 Å². The van der Waals surface area contributed by atoms with Crippen LogP contribution in [0.3, 0.4) is 0 Å². The first kappa shape index (κ1) is 18.0. The van der Waals surface area contributed by atoms with Gasteiger partial charge >= 0.3 is 0 Å². The van der Waals surface area contributed by atoms with Gasteiger partial charge in [0.15, 0.2) is 0 Å². The van der Waals surface area contributed by atoms with Gasteiger partial charge < -0.3 is 10.1 Å². The van der Waals surface area contributed by atoms with Crippen molar-refractivity contribution in [2.75, 3.05) is 0 Å². The number of nitrogens with zero attached hydrogens (tertiary/aromatic N) is 1. The molecule has 4 aromatic rings. The summed E-state index contributed by atoms with van der Waals surface area (Å²) < 4.78 is 0.693. The fourth-order valence-electron chi connectivity index (χ4n) is 2.93. The van der Waals surface area contributed by atoms with Crippen LogP contribution in [0.2, 0.25) is 0 Å². The molecule has 3 aromatic carbocycles.